The van der Waals surface area contributed by atoms with Gasteiger partial charge in [-0.3, -0.25) is 0 Å². The van der Waals surface area contributed by atoms with Gasteiger partial charge in [-0.05, 0) is 42.0 Å². The molecule has 1 fully saturated rings. The average molecular weight is 352 g/mol. The summed E-state index contributed by atoms with van der Waals surface area (Å²) in [5.74, 6) is 1.32. The van der Waals surface area contributed by atoms with Gasteiger partial charge in [0.25, 0.3) is 0 Å². The van der Waals surface area contributed by atoms with Gasteiger partial charge in [-0.15, -0.1) is 0 Å². The molecule has 5 heteroatoms. The number of nitrogens with zero attached hydrogens (tertiary/aromatic N) is 2. The largest absolute Gasteiger partial charge is 0.357 e. The highest BCUT2D eigenvalue weighted by molar-refractivity contribution is 5.74. The van der Waals surface area contributed by atoms with Gasteiger partial charge in [0.05, 0.1) is 6.04 Å². The Morgan fingerprint density at radius 2 is 1.88 bits per heavy atom. The predicted molar refractivity (Wildman–Crippen MR) is 105 cm³/mol. The molecule has 138 valence electrons. The van der Waals surface area contributed by atoms with Crippen molar-refractivity contribution in [3.63, 3.8) is 0 Å². The van der Waals surface area contributed by atoms with E-state index in [9.17, 15) is 4.79 Å². The van der Waals surface area contributed by atoms with Crippen molar-refractivity contribution < 1.29 is 4.79 Å². The number of nitrogens with one attached hydrogen (secondary N) is 2. The van der Waals surface area contributed by atoms with Crippen LogP contribution in [0.1, 0.15) is 43.9 Å². The minimum atomic E-state index is -0.146. The van der Waals surface area contributed by atoms with E-state index in [1.54, 1.807) is 0 Å². The number of pyridine rings is 1. The lowest BCUT2D eigenvalue weighted by molar-refractivity contribution is 0.232. The van der Waals surface area contributed by atoms with Gasteiger partial charge in [0.1, 0.15) is 5.82 Å². The number of carbonyl (C=O) groups is 1. The van der Waals surface area contributed by atoms with Crippen molar-refractivity contribution >= 4 is 11.8 Å². The number of urea groups is 1. The van der Waals surface area contributed by atoms with E-state index in [-0.39, 0.29) is 12.1 Å². The van der Waals surface area contributed by atoms with Crippen LogP contribution in [0.5, 0.6) is 0 Å². The smallest absolute Gasteiger partial charge is 0.315 e. The molecule has 0 aliphatic carbocycles. The minimum absolute atomic E-state index is 0.00574. The third kappa shape index (κ3) is 4.75. The molecule has 3 rings (SSSR count). The van der Waals surface area contributed by atoms with E-state index in [4.69, 9.17) is 0 Å². The average Bonchev–Trinajstić information content (AvgIpc) is 3.20. The van der Waals surface area contributed by atoms with Gasteiger partial charge in [-0.1, -0.05) is 44.2 Å². The van der Waals surface area contributed by atoms with Crippen LogP contribution in [0.15, 0.2) is 48.7 Å². The minimum Gasteiger partial charge on any atom is -0.357 e. The highest BCUT2D eigenvalue weighted by Crippen LogP contribution is 2.21. The second-order valence-corrected chi connectivity index (χ2v) is 7.18. The van der Waals surface area contributed by atoms with Crippen LogP contribution in [0.25, 0.3) is 0 Å². The fourth-order valence-electron chi connectivity index (χ4n) is 3.36. The molecule has 0 unspecified atom stereocenters. The number of aromatic nitrogens is 1. The van der Waals surface area contributed by atoms with Crippen LogP contribution >= 0.6 is 0 Å². The molecule has 5 nitrogen and oxygen atoms in total. The summed E-state index contributed by atoms with van der Waals surface area (Å²) in [6, 6.07) is 14.0. The molecule has 1 aliphatic heterocycles. The number of carbonyl (C=O) groups excluding carboxylic acids is 1. The number of hydrogen-bond donors (Lipinski definition) is 2. The second-order valence-electron chi connectivity index (χ2n) is 7.18. The number of anilines is 1. The first-order chi connectivity index (χ1) is 12.6. The molecule has 0 bridgehead atoms. The van der Waals surface area contributed by atoms with Gasteiger partial charge in [0.15, 0.2) is 0 Å². The van der Waals surface area contributed by atoms with Crippen molar-refractivity contribution in [3.05, 3.63) is 59.8 Å². The lowest BCUT2D eigenvalue weighted by Crippen LogP contribution is -2.39. The zero-order valence-electron chi connectivity index (χ0n) is 15.6. The van der Waals surface area contributed by atoms with E-state index >= 15 is 0 Å². The Labute approximate surface area is 155 Å². The molecule has 1 aliphatic rings. The molecule has 2 aromatic rings. The van der Waals surface area contributed by atoms with Crippen LogP contribution in [-0.2, 0) is 6.54 Å². The van der Waals surface area contributed by atoms with E-state index in [1.165, 1.54) is 12.8 Å². The Hall–Kier alpha value is -2.56. The first-order valence-corrected chi connectivity index (χ1v) is 9.42. The molecule has 26 heavy (non-hydrogen) atoms. The van der Waals surface area contributed by atoms with Crippen molar-refractivity contribution in [1.82, 2.24) is 15.6 Å². The molecule has 2 amide bonds. The highest BCUT2D eigenvalue weighted by Gasteiger charge is 2.18. The molecule has 2 heterocycles. The van der Waals surface area contributed by atoms with E-state index < -0.39 is 0 Å². The normalized spacial score (nSPS) is 15.1. The molecule has 2 N–H and O–H groups in total. The van der Waals surface area contributed by atoms with E-state index in [0.717, 1.165) is 30.0 Å². The quantitative estimate of drug-likeness (QED) is 0.829. The monoisotopic (exact) mass is 352 g/mol. The maximum Gasteiger partial charge on any atom is 0.315 e. The maximum atomic E-state index is 12.4. The first kappa shape index (κ1) is 18.2. The van der Waals surface area contributed by atoms with E-state index in [0.29, 0.717) is 12.5 Å². The van der Waals surface area contributed by atoms with Gasteiger partial charge in [-0.25, -0.2) is 9.78 Å². The second kappa shape index (κ2) is 8.70. The van der Waals surface area contributed by atoms with Crippen LogP contribution < -0.4 is 15.5 Å². The number of hydrogen-bond acceptors (Lipinski definition) is 3. The Bertz CT molecular complexity index is 711. The number of rotatable bonds is 6. The lowest BCUT2D eigenvalue weighted by atomic mass is 9.96. The summed E-state index contributed by atoms with van der Waals surface area (Å²) >= 11 is 0. The zero-order chi connectivity index (χ0) is 18.4. The van der Waals surface area contributed by atoms with Crippen molar-refractivity contribution in [2.45, 2.75) is 39.3 Å². The topological polar surface area (TPSA) is 57.3 Å². The fourth-order valence-corrected chi connectivity index (χ4v) is 3.36. The van der Waals surface area contributed by atoms with Crippen LogP contribution in [-0.4, -0.2) is 24.1 Å². The molecule has 1 atom stereocenters. The molecule has 0 radical (unpaired) electrons. The number of amides is 2. The SMILES string of the molecule is CC(C)[C@H](NC(=O)NCc1ccnc(N2CCCC2)c1)c1ccccc1. The molecular formula is C21H28N4O. The van der Waals surface area contributed by atoms with E-state index in [2.05, 4.69) is 52.6 Å². The van der Waals surface area contributed by atoms with Crippen LogP contribution in [0.2, 0.25) is 0 Å². The Kier molecular flexibility index (Phi) is 6.10. The Morgan fingerprint density at radius 3 is 2.58 bits per heavy atom. The van der Waals surface area contributed by atoms with Crippen molar-refractivity contribution in [3.8, 4) is 0 Å². The third-order valence-corrected chi connectivity index (χ3v) is 4.80. The summed E-state index contributed by atoms with van der Waals surface area (Å²) in [6.07, 6.45) is 4.27. The van der Waals surface area contributed by atoms with Gasteiger partial charge < -0.3 is 15.5 Å². The summed E-state index contributed by atoms with van der Waals surface area (Å²) in [6.45, 7) is 6.86. The van der Waals surface area contributed by atoms with Gasteiger partial charge in [0.2, 0.25) is 0 Å². The maximum absolute atomic E-state index is 12.4. The van der Waals surface area contributed by atoms with Crippen LogP contribution in [0.4, 0.5) is 10.6 Å². The van der Waals surface area contributed by atoms with E-state index in [1.807, 2.05) is 30.5 Å². The molecular weight excluding hydrogens is 324 g/mol. The van der Waals surface area contributed by atoms with Crippen LogP contribution in [0, 0.1) is 5.92 Å². The standard InChI is InChI=1S/C21H28N4O/c1-16(2)20(18-8-4-3-5-9-18)24-21(26)23-15-17-10-11-22-19(14-17)25-12-6-7-13-25/h3-5,8-11,14,16,20H,6-7,12-13,15H2,1-2H3,(H2,23,24,26)/t20-/m0/s1. The summed E-state index contributed by atoms with van der Waals surface area (Å²) in [5, 5.41) is 6.07. The van der Waals surface area contributed by atoms with Crippen LogP contribution in [0.3, 0.4) is 0 Å². The molecule has 0 spiro atoms. The number of benzene rings is 1. The summed E-state index contributed by atoms with van der Waals surface area (Å²) < 4.78 is 0. The molecule has 1 aromatic carbocycles. The lowest BCUT2D eigenvalue weighted by Gasteiger charge is -2.23. The Morgan fingerprint density at radius 1 is 1.15 bits per heavy atom. The molecule has 1 aromatic heterocycles. The first-order valence-electron chi connectivity index (χ1n) is 9.42. The Balaban J connectivity index is 1.57. The van der Waals surface area contributed by atoms with Gasteiger partial charge in [-0.2, -0.15) is 0 Å². The predicted octanol–water partition coefficient (Wildman–Crippen LogP) is 3.88. The third-order valence-electron chi connectivity index (χ3n) is 4.80. The summed E-state index contributed by atoms with van der Waals surface area (Å²) in [7, 11) is 0. The molecule has 0 saturated carbocycles. The van der Waals surface area contributed by atoms with Gasteiger partial charge in [0, 0.05) is 25.8 Å². The van der Waals surface area contributed by atoms with Crippen molar-refractivity contribution in [1.29, 1.82) is 0 Å². The zero-order valence-corrected chi connectivity index (χ0v) is 15.6. The fraction of sp³-hybridized carbons (Fsp3) is 0.429. The van der Waals surface area contributed by atoms with Crippen molar-refractivity contribution in [2.24, 2.45) is 5.92 Å². The van der Waals surface area contributed by atoms with Crippen molar-refractivity contribution in [2.75, 3.05) is 18.0 Å². The summed E-state index contributed by atoms with van der Waals surface area (Å²) in [4.78, 5) is 19.2. The summed E-state index contributed by atoms with van der Waals surface area (Å²) in [5.41, 5.74) is 2.19. The highest BCUT2D eigenvalue weighted by atomic mass is 16.2. The molecule has 1 saturated heterocycles. The van der Waals surface area contributed by atoms with Gasteiger partial charge >= 0.3 is 6.03 Å².